The number of amides is 2. The molecule has 33 heavy (non-hydrogen) atoms. The molecule has 1 aliphatic heterocycles. The second-order valence-corrected chi connectivity index (χ2v) is 8.99. The summed E-state index contributed by atoms with van der Waals surface area (Å²) in [6.07, 6.45) is 5.23. The maximum absolute atomic E-state index is 13.2. The minimum absolute atomic E-state index is 0.0300. The first-order chi connectivity index (χ1) is 16.0. The van der Waals surface area contributed by atoms with Gasteiger partial charge in [0.15, 0.2) is 0 Å². The van der Waals surface area contributed by atoms with Crippen LogP contribution >= 0.6 is 0 Å². The first-order valence-electron chi connectivity index (χ1n) is 11.6. The molecule has 4 rings (SSSR count). The lowest BCUT2D eigenvalue weighted by molar-refractivity contribution is -0.132. The van der Waals surface area contributed by atoms with Crippen molar-refractivity contribution in [3.63, 3.8) is 0 Å². The predicted molar refractivity (Wildman–Crippen MR) is 131 cm³/mol. The van der Waals surface area contributed by atoms with Gasteiger partial charge in [-0.15, -0.1) is 0 Å². The van der Waals surface area contributed by atoms with Crippen LogP contribution in [-0.2, 0) is 22.4 Å². The molecule has 0 saturated carbocycles. The Bertz CT molecular complexity index is 1110. The Balaban J connectivity index is 1.53. The smallest absolute Gasteiger partial charge is 0.228 e. The Hall–Kier alpha value is -3.47. The summed E-state index contributed by atoms with van der Waals surface area (Å²) in [6, 6.07) is 20.3. The quantitative estimate of drug-likeness (QED) is 0.598. The van der Waals surface area contributed by atoms with Crippen molar-refractivity contribution in [2.45, 2.75) is 33.1 Å². The van der Waals surface area contributed by atoms with E-state index in [0.29, 0.717) is 38.9 Å². The topological polar surface area (TPSA) is 62.3 Å². The molecule has 5 nitrogen and oxygen atoms in total. The number of rotatable bonds is 7. The fourth-order valence-electron chi connectivity index (χ4n) is 4.62. The number of likely N-dealkylation sites (tertiary alicyclic amines) is 1. The fraction of sp³-hybridized carbons (Fsp3) is 0.321. The van der Waals surface area contributed by atoms with Crippen molar-refractivity contribution >= 4 is 11.8 Å². The molecule has 2 aromatic carbocycles. The van der Waals surface area contributed by atoms with Crippen LogP contribution in [0.2, 0.25) is 0 Å². The highest BCUT2D eigenvalue weighted by molar-refractivity contribution is 5.86. The Kier molecular flexibility index (Phi) is 6.87. The first-order valence-corrected chi connectivity index (χ1v) is 11.6. The molecule has 2 heterocycles. The fourth-order valence-corrected chi connectivity index (χ4v) is 4.62. The van der Waals surface area contributed by atoms with Gasteiger partial charge in [0.1, 0.15) is 0 Å². The number of hydrogen-bond acceptors (Lipinski definition) is 3. The molecule has 2 amide bonds. The summed E-state index contributed by atoms with van der Waals surface area (Å²) in [5.41, 5.74) is 4.79. The van der Waals surface area contributed by atoms with Gasteiger partial charge in [-0.3, -0.25) is 14.6 Å². The van der Waals surface area contributed by atoms with Gasteiger partial charge >= 0.3 is 0 Å². The molecule has 1 atom stereocenters. The molecule has 1 fully saturated rings. The summed E-state index contributed by atoms with van der Waals surface area (Å²) >= 11 is 0. The van der Waals surface area contributed by atoms with E-state index in [1.807, 2.05) is 67.4 Å². The molecule has 3 aromatic rings. The number of aryl methyl sites for hydroxylation is 1. The summed E-state index contributed by atoms with van der Waals surface area (Å²) in [4.78, 5) is 32.4. The molecular formula is C28H31N3O2. The van der Waals surface area contributed by atoms with E-state index in [-0.39, 0.29) is 11.8 Å². The van der Waals surface area contributed by atoms with Crippen LogP contribution in [-0.4, -0.2) is 41.3 Å². The highest BCUT2D eigenvalue weighted by Crippen LogP contribution is 2.36. The lowest BCUT2D eigenvalue weighted by Crippen LogP contribution is -2.45. The zero-order chi connectivity index (χ0) is 23.3. The van der Waals surface area contributed by atoms with Crippen molar-refractivity contribution in [1.29, 1.82) is 0 Å². The molecule has 0 radical (unpaired) electrons. The standard InChI is InChI=1S/C28H31N3O2/c1-3-30-27(33)28(18-23-6-4-7-24(16-23)25-8-5-14-29-19-25)13-15-31(20-28)26(32)17-22-11-9-21(2)10-12-22/h4-12,14,16,19H,3,13,15,17-18,20H2,1-2H3,(H,30,33)/t28-/m1/s1. The van der Waals surface area contributed by atoms with E-state index in [4.69, 9.17) is 0 Å². The zero-order valence-corrected chi connectivity index (χ0v) is 19.4. The van der Waals surface area contributed by atoms with Gasteiger partial charge in [-0.1, -0.05) is 60.2 Å². The van der Waals surface area contributed by atoms with Crippen molar-refractivity contribution in [3.05, 3.63) is 89.7 Å². The van der Waals surface area contributed by atoms with Crippen LogP contribution < -0.4 is 5.32 Å². The number of carbonyl (C=O) groups excluding carboxylic acids is 2. The van der Waals surface area contributed by atoms with Gasteiger partial charge in [-0.2, -0.15) is 0 Å². The van der Waals surface area contributed by atoms with E-state index < -0.39 is 5.41 Å². The molecule has 1 N–H and O–H groups in total. The Morgan fingerprint density at radius 3 is 2.55 bits per heavy atom. The van der Waals surface area contributed by atoms with Crippen LogP contribution in [0.5, 0.6) is 0 Å². The van der Waals surface area contributed by atoms with Gasteiger partial charge in [-0.25, -0.2) is 0 Å². The summed E-state index contributed by atoms with van der Waals surface area (Å²) in [5, 5.41) is 3.02. The van der Waals surface area contributed by atoms with Gasteiger partial charge < -0.3 is 10.2 Å². The van der Waals surface area contributed by atoms with Crippen LogP contribution in [0, 0.1) is 12.3 Å². The normalized spacial score (nSPS) is 17.7. The maximum atomic E-state index is 13.2. The van der Waals surface area contributed by atoms with Gasteiger partial charge in [-0.05, 0) is 55.0 Å². The van der Waals surface area contributed by atoms with E-state index >= 15 is 0 Å². The van der Waals surface area contributed by atoms with E-state index in [0.717, 1.165) is 22.3 Å². The number of carbonyl (C=O) groups is 2. The van der Waals surface area contributed by atoms with Crippen LogP contribution in [0.25, 0.3) is 11.1 Å². The maximum Gasteiger partial charge on any atom is 0.228 e. The molecule has 0 bridgehead atoms. The average Bonchev–Trinajstić information content (AvgIpc) is 3.27. The summed E-state index contributed by atoms with van der Waals surface area (Å²) in [6.45, 7) is 5.60. The minimum Gasteiger partial charge on any atom is -0.356 e. The molecule has 5 heteroatoms. The molecule has 170 valence electrons. The van der Waals surface area contributed by atoms with Gasteiger partial charge in [0.2, 0.25) is 11.8 Å². The van der Waals surface area contributed by atoms with Crippen molar-refractivity contribution in [1.82, 2.24) is 15.2 Å². The SMILES string of the molecule is CCNC(=O)[C@@]1(Cc2cccc(-c3cccnc3)c2)CCN(C(=O)Cc2ccc(C)cc2)C1. The number of nitrogens with one attached hydrogen (secondary N) is 1. The second kappa shape index (κ2) is 9.99. The van der Waals surface area contributed by atoms with Crippen molar-refractivity contribution in [3.8, 4) is 11.1 Å². The van der Waals surface area contributed by atoms with Crippen molar-refractivity contribution < 1.29 is 9.59 Å². The number of benzene rings is 2. The highest BCUT2D eigenvalue weighted by atomic mass is 16.2. The summed E-state index contributed by atoms with van der Waals surface area (Å²) < 4.78 is 0. The Morgan fingerprint density at radius 2 is 1.82 bits per heavy atom. The monoisotopic (exact) mass is 441 g/mol. The van der Waals surface area contributed by atoms with E-state index in [1.165, 1.54) is 5.56 Å². The lowest BCUT2D eigenvalue weighted by Gasteiger charge is -2.28. The number of nitrogens with zero attached hydrogens (tertiary/aromatic N) is 2. The van der Waals surface area contributed by atoms with Crippen LogP contribution in [0.3, 0.4) is 0 Å². The molecule has 0 unspecified atom stereocenters. The average molecular weight is 442 g/mol. The largest absolute Gasteiger partial charge is 0.356 e. The van der Waals surface area contributed by atoms with Gasteiger partial charge in [0.05, 0.1) is 11.8 Å². The third-order valence-corrected chi connectivity index (χ3v) is 6.47. The van der Waals surface area contributed by atoms with Crippen LogP contribution in [0.15, 0.2) is 73.1 Å². The van der Waals surface area contributed by atoms with Gasteiger partial charge in [0, 0.05) is 32.0 Å². The minimum atomic E-state index is -0.619. The van der Waals surface area contributed by atoms with E-state index in [2.05, 4.69) is 28.5 Å². The molecule has 0 aliphatic carbocycles. The highest BCUT2D eigenvalue weighted by Gasteiger charge is 2.45. The number of hydrogen-bond donors (Lipinski definition) is 1. The van der Waals surface area contributed by atoms with Crippen molar-refractivity contribution in [2.24, 2.45) is 5.41 Å². The molecule has 0 spiro atoms. The molecule has 1 saturated heterocycles. The third-order valence-electron chi connectivity index (χ3n) is 6.47. The third kappa shape index (κ3) is 5.30. The number of aromatic nitrogens is 1. The van der Waals surface area contributed by atoms with E-state index in [9.17, 15) is 9.59 Å². The van der Waals surface area contributed by atoms with Crippen molar-refractivity contribution in [2.75, 3.05) is 19.6 Å². The van der Waals surface area contributed by atoms with Gasteiger partial charge in [0.25, 0.3) is 0 Å². The summed E-state index contributed by atoms with van der Waals surface area (Å²) in [7, 11) is 0. The predicted octanol–water partition coefficient (Wildman–Crippen LogP) is 4.20. The zero-order valence-electron chi connectivity index (χ0n) is 19.4. The number of pyridine rings is 1. The molecule has 1 aliphatic rings. The first kappa shape index (κ1) is 22.7. The lowest BCUT2D eigenvalue weighted by atomic mass is 9.79. The second-order valence-electron chi connectivity index (χ2n) is 8.99. The Labute approximate surface area is 195 Å². The molecular weight excluding hydrogens is 410 g/mol. The Morgan fingerprint density at radius 1 is 1.03 bits per heavy atom. The van der Waals surface area contributed by atoms with Crippen LogP contribution in [0.1, 0.15) is 30.0 Å². The van der Waals surface area contributed by atoms with E-state index in [1.54, 1.807) is 6.20 Å². The summed E-state index contributed by atoms with van der Waals surface area (Å²) in [5.74, 6) is 0.108. The van der Waals surface area contributed by atoms with Crippen LogP contribution in [0.4, 0.5) is 0 Å². The molecule has 1 aromatic heterocycles.